The van der Waals surface area contributed by atoms with Gasteiger partial charge in [0.25, 0.3) is 0 Å². The lowest BCUT2D eigenvalue weighted by Gasteiger charge is -2.20. The van der Waals surface area contributed by atoms with E-state index in [9.17, 15) is 19.8 Å². The summed E-state index contributed by atoms with van der Waals surface area (Å²) in [4.78, 5) is 22.9. The number of carboxylic acids is 1. The Labute approximate surface area is 124 Å². The van der Waals surface area contributed by atoms with Gasteiger partial charge < -0.3 is 20.8 Å². The highest BCUT2D eigenvalue weighted by Crippen LogP contribution is 2.12. The quantitative estimate of drug-likeness (QED) is 0.664. The van der Waals surface area contributed by atoms with Crippen molar-refractivity contribution in [2.75, 3.05) is 6.54 Å². The molecule has 0 aliphatic rings. The Bertz CT molecular complexity index is 491. The number of hydrogen-bond donors (Lipinski definition) is 4. The highest BCUT2D eigenvalue weighted by atomic mass is 16.4. The zero-order chi connectivity index (χ0) is 16.0. The van der Waals surface area contributed by atoms with Crippen molar-refractivity contribution in [1.82, 2.24) is 10.6 Å². The zero-order valence-corrected chi connectivity index (χ0v) is 12.5. The lowest BCUT2D eigenvalue weighted by atomic mass is 9.97. The number of aromatic hydroxyl groups is 1. The van der Waals surface area contributed by atoms with E-state index in [1.165, 1.54) is 12.1 Å². The summed E-state index contributed by atoms with van der Waals surface area (Å²) in [5, 5.41) is 23.5. The molecule has 0 radical (unpaired) electrons. The summed E-state index contributed by atoms with van der Waals surface area (Å²) in [5.41, 5.74) is 0.642. The SMILES string of the molecule is CC(C)(C)CNC(=O)N[C@H](Cc1ccc(O)cc1)C(=O)O. The van der Waals surface area contributed by atoms with E-state index in [0.29, 0.717) is 6.54 Å². The third kappa shape index (κ3) is 6.65. The van der Waals surface area contributed by atoms with Gasteiger partial charge in [-0.15, -0.1) is 0 Å². The number of phenolic OH excluding ortho intramolecular Hbond substituents is 1. The van der Waals surface area contributed by atoms with Gasteiger partial charge in [0.05, 0.1) is 0 Å². The molecule has 4 N–H and O–H groups in total. The van der Waals surface area contributed by atoms with Crippen LogP contribution in [0, 0.1) is 5.41 Å². The first-order chi connectivity index (χ1) is 9.67. The van der Waals surface area contributed by atoms with Crippen molar-refractivity contribution in [2.24, 2.45) is 5.41 Å². The molecule has 1 atom stereocenters. The Hall–Kier alpha value is -2.24. The van der Waals surface area contributed by atoms with Gasteiger partial charge in [-0.1, -0.05) is 32.9 Å². The van der Waals surface area contributed by atoms with Gasteiger partial charge in [0.2, 0.25) is 0 Å². The van der Waals surface area contributed by atoms with Crippen molar-refractivity contribution < 1.29 is 19.8 Å². The largest absolute Gasteiger partial charge is 0.508 e. The average molecular weight is 294 g/mol. The molecule has 1 aromatic rings. The summed E-state index contributed by atoms with van der Waals surface area (Å²) in [6.07, 6.45) is 0.151. The number of aliphatic carboxylic acids is 1. The molecule has 0 aromatic heterocycles. The molecule has 2 amide bonds. The topological polar surface area (TPSA) is 98.7 Å². The summed E-state index contributed by atoms with van der Waals surface area (Å²) in [5.74, 6) is -0.990. The molecule has 116 valence electrons. The molecule has 1 rings (SSSR count). The van der Waals surface area contributed by atoms with Crippen LogP contribution in [-0.4, -0.2) is 34.8 Å². The number of amides is 2. The van der Waals surface area contributed by atoms with E-state index in [2.05, 4.69) is 10.6 Å². The van der Waals surface area contributed by atoms with Crippen LogP contribution in [0.3, 0.4) is 0 Å². The number of phenols is 1. The van der Waals surface area contributed by atoms with Crippen LogP contribution in [0.25, 0.3) is 0 Å². The van der Waals surface area contributed by atoms with Crippen LogP contribution < -0.4 is 10.6 Å². The van der Waals surface area contributed by atoms with E-state index in [-0.39, 0.29) is 17.6 Å². The number of carbonyl (C=O) groups is 2. The van der Waals surface area contributed by atoms with E-state index >= 15 is 0 Å². The van der Waals surface area contributed by atoms with Gasteiger partial charge in [0.1, 0.15) is 11.8 Å². The molecule has 0 aliphatic heterocycles. The van der Waals surface area contributed by atoms with Gasteiger partial charge in [-0.2, -0.15) is 0 Å². The van der Waals surface area contributed by atoms with Crippen LogP contribution >= 0.6 is 0 Å². The molecule has 21 heavy (non-hydrogen) atoms. The van der Waals surface area contributed by atoms with E-state index < -0.39 is 18.0 Å². The third-order valence-corrected chi connectivity index (χ3v) is 2.76. The van der Waals surface area contributed by atoms with Crippen molar-refractivity contribution >= 4 is 12.0 Å². The van der Waals surface area contributed by atoms with Crippen molar-refractivity contribution in [3.8, 4) is 5.75 Å². The normalized spacial score (nSPS) is 12.5. The number of hydrogen-bond acceptors (Lipinski definition) is 3. The Balaban J connectivity index is 2.59. The number of urea groups is 1. The van der Waals surface area contributed by atoms with Crippen LogP contribution in [0.1, 0.15) is 26.3 Å². The maximum Gasteiger partial charge on any atom is 0.326 e. The fourth-order valence-corrected chi connectivity index (χ4v) is 1.62. The van der Waals surface area contributed by atoms with Crippen LogP contribution in [-0.2, 0) is 11.2 Å². The standard InChI is InChI=1S/C15H22N2O4/c1-15(2,3)9-16-14(21)17-12(13(19)20)8-10-4-6-11(18)7-5-10/h4-7,12,18H,8-9H2,1-3H3,(H,19,20)(H2,16,17,21)/t12-/m1/s1. The first kappa shape index (κ1) is 16.8. The van der Waals surface area contributed by atoms with E-state index in [1.54, 1.807) is 12.1 Å². The number of carboxylic acid groups (broad SMARTS) is 1. The second-order valence-electron chi connectivity index (χ2n) is 6.15. The van der Waals surface area contributed by atoms with Crippen LogP contribution in [0.4, 0.5) is 4.79 Å². The van der Waals surface area contributed by atoms with Crippen LogP contribution in [0.15, 0.2) is 24.3 Å². The smallest absolute Gasteiger partial charge is 0.326 e. The zero-order valence-electron chi connectivity index (χ0n) is 12.5. The van der Waals surface area contributed by atoms with Gasteiger partial charge in [0.15, 0.2) is 0 Å². The molecule has 0 bridgehead atoms. The van der Waals surface area contributed by atoms with E-state index in [0.717, 1.165) is 5.56 Å². The molecule has 0 fully saturated rings. The molecule has 0 heterocycles. The average Bonchev–Trinajstić information content (AvgIpc) is 2.37. The summed E-state index contributed by atoms with van der Waals surface area (Å²) in [7, 11) is 0. The Morgan fingerprint density at radius 2 is 1.76 bits per heavy atom. The predicted molar refractivity (Wildman–Crippen MR) is 79.2 cm³/mol. The molecule has 0 saturated carbocycles. The molecular formula is C15H22N2O4. The number of rotatable bonds is 5. The molecule has 0 aliphatic carbocycles. The molecule has 6 nitrogen and oxygen atoms in total. The van der Waals surface area contributed by atoms with Crippen molar-refractivity contribution in [1.29, 1.82) is 0 Å². The van der Waals surface area contributed by atoms with Gasteiger partial charge in [0, 0.05) is 13.0 Å². The Morgan fingerprint density at radius 1 is 1.19 bits per heavy atom. The van der Waals surface area contributed by atoms with Gasteiger partial charge in [-0.25, -0.2) is 9.59 Å². The minimum atomic E-state index is -1.10. The summed E-state index contributed by atoms with van der Waals surface area (Å²) in [6, 6.07) is 4.69. The van der Waals surface area contributed by atoms with Crippen molar-refractivity contribution in [3.05, 3.63) is 29.8 Å². The Kier molecular flexibility index (Phi) is 5.58. The third-order valence-electron chi connectivity index (χ3n) is 2.76. The fraction of sp³-hybridized carbons (Fsp3) is 0.467. The lowest BCUT2D eigenvalue weighted by molar-refractivity contribution is -0.139. The summed E-state index contributed by atoms with van der Waals surface area (Å²) >= 11 is 0. The molecular weight excluding hydrogens is 272 g/mol. The van der Waals surface area contributed by atoms with E-state index in [4.69, 9.17) is 0 Å². The maximum absolute atomic E-state index is 11.7. The van der Waals surface area contributed by atoms with E-state index in [1.807, 2.05) is 20.8 Å². The number of carbonyl (C=O) groups excluding carboxylic acids is 1. The number of benzene rings is 1. The molecule has 0 unspecified atom stereocenters. The van der Waals surface area contributed by atoms with Gasteiger partial charge >= 0.3 is 12.0 Å². The number of nitrogens with one attached hydrogen (secondary N) is 2. The Morgan fingerprint density at radius 3 is 2.24 bits per heavy atom. The fourth-order valence-electron chi connectivity index (χ4n) is 1.62. The first-order valence-corrected chi connectivity index (χ1v) is 6.72. The first-order valence-electron chi connectivity index (χ1n) is 6.72. The predicted octanol–water partition coefficient (Wildman–Crippen LogP) is 1.73. The molecule has 6 heteroatoms. The molecule has 1 aromatic carbocycles. The maximum atomic E-state index is 11.7. The summed E-state index contributed by atoms with van der Waals surface area (Å²) in [6.45, 7) is 6.36. The lowest BCUT2D eigenvalue weighted by Crippen LogP contribution is -2.48. The monoisotopic (exact) mass is 294 g/mol. The highest BCUT2D eigenvalue weighted by molar-refractivity contribution is 5.82. The minimum Gasteiger partial charge on any atom is -0.508 e. The molecule has 0 spiro atoms. The minimum absolute atomic E-state index is 0.0764. The van der Waals surface area contributed by atoms with Crippen LogP contribution in [0.2, 0.25) is 0 Å². The van der Waals surface area contributed by atoms with Crippen molar-refractivity contribution in [3.63, 3.8) is 0 Å². The van der Waals surface area contributed by atoms with Gasteiger partial charge in [-0.3, -0.25) is 0 Å². The second-order valence-corrected chi connectivity index (χ2v) is 6.15. The molecule has 0 saturated heterocycles. The van der Waals surface area contributed by atoms with Crippen molar-refractivity contribution in [2.45, 2.75) is 33.2 Å². The van der Waals surface area contributed by atoms with Gasteiger partial charge in [-0.05, 0) is 23.1 Å². The summed E-state index contributed by atoms with van der Waals surface area (Å²) < 4.78 is 0. The second kappa shape index (κ2) is 6.97. The van der Waals surface area contributed by atoms with Crippen LogP contribution in [0.5, 0.6) is 5.75 Å². The highest BCUT2D eigenvalue weighted by Gasteiger charge is 2.21.